The smallest absolute Gasteiger partial charge is 0.273 e. The van der Waals surface area contributed by atoms with Crippen LogP contribution in [0.5, 0.6) is 0 Å². The number of nitro benzene ring substituents is 1. The summed E-state index contributed by atoms with van der Waals surface area (Å²) in [6.07, 6.45) is 4.67. The molecule has 1 N–H and O–H groups in total. The number of amides is 1. The van der Waals surface area contributed by atoms with Gasteiger partial charge >= 0.3 is 0 Å². The molecule has 27 heavy (non-hydrogen) atoms. The van der Waals surface area contributed by atoms with Gasteiger partial charge in [0.1, 0.15) is 10.7 Å². The number of piperidine rings is 1. The Kier molecular flexibility index (Phi) is 5.18. The number of rotatable bonds is 6. The van der Waals surface area contributed by atoms with Gasteiger partial charge in [-0.1, -0.05) is 0 Å². The maximum Gasteiger partial charge on any atom is 0.273 e. The minimum atomic E-state index is -0.427. The van der Waals surface area contributed by atoms with Crippen LogP contribution in [0.3, 0.4) is 0 Å². The predicted molar refractivity (Wildman–Crippen MR) is 104 cm³/mol. The van der Waals surface area contributed by atoms with Crippen LogP contribution in [-0.4, -0.2) is 46.4 Å². The lowest BCUT2D eigenvalue weighted by Crippen LogP contribution is -2.45. The Morgan fingerprint density at radius 1 is 1.22 bits per heavy atom. The van der Waals surface area contributed by atoms with Crippen molar-refractivity contribution in [3.8, 4) is 10.6 Å². The summed E-state index contributed by atoms with van der Waals surface area (Å²) < 4.78 is 0. The Morgan fingerprint density at radius 3 is 2.56 bits per heavy atom. The number of nitrogens with zero attached hydrogens (tertiary/aromatic N) is 3. The van der Waals surface area contributed by atoms with Gasteiger partial charge in [0.05, 0.1) is 4.92 Å². The fourth-order valence-corrected chi connectivity index (χ4v) is 4.13. The third-order valence-corrected chi connectivity index (χ3v) is 6.11. The van der Waals surface area contributed by atoms with E-state index in [0.717, 1.165) is 44.0 Å². The molecule has 4 rings (SSSR count). The Hall–Kier alpha value is -2.32. The molecule has 2 aliphatic rings. The van der Waals surface area contributed by atoms with Crippen molar-refractivity contribution in [2.45, 2.75) is 31.7 Å². The van der Waals surface area contributed by atoms with Crippen LogP contribution >= 0.6 is 11.3 Å². The topological polar surface area (TPSA) is 88.4 Å². The van der Waals surface area contributed by atoms with E-state index in [0.29, 0.717) is 16.7 Å². The van der Waals surface area contributed by atoms with E-state index in [1.807, 2.05) is 4.90 Å². The molecule has 0 atom stereocenters. The first-order valence-corrected chi connectivity index (χ1v) is 10.2. The standard InChI is InChI=1S/C19H22N4O3S/c24-19(22-9-7-15(8-10-22)20-11-13-1-2-13)17-12-27-18(21-17)14-3-5-16(6-4-14)23(25)26/h3-6,12-13,15,20H,1-2,7-11H2. The summed E-state index contributed by atoms with van der Waals surface area (Å²) in [5, 5.41) is 16.9. The maximum absolute atomic E-state index is 12.7. The molecule has 0 spiro atoms. The molecular weight excluding hydrogens is 364 g/mol. The molecule has 2 fully saturated rings. The molecule has 1 aromatic carbocycles. The monoisotopic (exact) mass is 386 g/mol. The summed E-state index contributed by atoms with van der Waals surface area (Å²) in [6.45, 7) is 2.63. The summed E-state index contributed by atoms with van der Waals surface area (Å²) in [6, 6.07) is 6.76. The number of carbonyl (C=O) groups is 1. The van der Waals surface area contributed by atoms with Crippen LogP contribution in [-0.2, 0) is 0 Å². The van der Waals surface area contributed by atoms with Crippen molar-refractivity contribution in [1.82, 2.24) is 15.2 Å². The SMILES string of the molecule is O=C(c1csc(-c2ccc([N+](=O)[O-])cc2)n1)N1CCC(NCC2CC2)CC1. The summed E-state index contributed by atoms with van der Waals surface area (Å²) in [5.74, 6) is 0.845. The van der Waals surface area contributed by atoms with Gasteiger partial charge in [0, 0.05) is 42.2 Å². The zero-order valence-electron chi connectivity index (χ0n) is 15.0. The molecule has 1 amide bonds. The summed E-state index contributed by atoms with van der Waals surface area (Å²) in [7, 11) is 0. The highest BCUT2D eigenvalue weighted by Gasteiger charge is 2.27. The van der Waals surface area contributed by atoms with Gasteiger partial charge in [-0.05, 0) is 50.3 Å². The lowest BCUT2D eigenvalue weighted by Gasteiger charge is -2.32. The molecule has 8 heteroatoms. The van der Waals surface area contributed by atoms with Crippen LogP contribution < -0.4 is 5.32 Å². The van der Waals surface area contributed by atoms with Crippen LogP contribution in [0.2, 0.25) is 0 Å². The maximum atomic E-state index is 12.7. The fourth-order valence-electron chi connectivity index (χ4n) is 3.33. The number of likely N-dealkylation sites (tertiary alicyclic amines) is 1. The first-order valence-electron chi connectivity index (χ1n) is 9.33. The molecule has 1 saturated carbocycles. The fraction of sp³-hybridized carbons (Fsp3) is 0.474. The molecule has 1 aliphatic carbocycles. The minimum absolute atomic E-state index is 0.0277. The van der Waals surface area contributed by atoms with Crippen LogP contribution in [0, 0.1) is 16.0 Å². The number of nitrogens with one attached hydrogen (secondary N) is 1. The molecule has 1 saturated heterocycles. The number of carbonyl (C=O) groups excluding carboxylic acids is 1. The molecule has 0 unspecified atom stereocenters. The number of nitro groups is 1. The average molecular weight is 386 g/mol. The van der Waals surface area contributed by atoms with E-state index in [4.69, 9.17) is 0 Å². The van der Waals surface area contributed by atoms with E-state index >= 15 is 0 Å². The number of thiazole rings is 1. The third-order valence-electron chi connectivity index (χ3n) is 5.22. The van der Waals surface area contributed by atoms with Gasteiger partial charge in [0.25, 0.3) is 11.6 Å². The van der Waals surface area contributed by atoms with E-state index in [-0.39, 0.29) is 11.6 Å². The Morgan fingerprint density at radius 2 is 1.93 bits per heavy atom. The van der Waals surface area contributed by atoms with Crippen molar-refractivity contribution < 1.29 is 9.72 Å². The molecule has 1 aliphatic heterocycles. The number of hydrogen-bond donors (Lipinski definition) is 1. The second-order valence-electron chi connectivity index (χ2n) is 7.26. The van der Waals surface area contributed by atoms with Gasteiger partial charge in [0.2, 0.25) is 0 Å². The first-order chi connectivity index (χ1) is 13.1. The number of non-ortho nitro benzene ring substituents is 1. The average Bonchev–Trinajstić information content (AvgIpc) is 3.40. The molecule has 0 bridgehead atoms. The highest BCUT2D eigenvalue weighted by Crippen LogP contribution is 2.29. The Balaban J connectivity index is 1.35. The van der Waals surface area contributed by atoms with Gasteiger partial charge in [0.15, 0.2) is 0 Å². The molecule has 142 valence electrons. The molecule has 2 aromatic rings. The highest BCUT2D eigenvalue weighted by atomic mass is 32.1. The van der Waals surface area contributed by atoms with E-state index in [1.165, 1.54) is 36.3 Å². The second-order valence-corrected chi connectivity index (χ2v) is 8.12. The van der Waals surface area contributed by atoms with Crippen LogP contribution in [0.15, 0.2) is 29.6 Å². The number of aromatic nitrogens is 1. The first kappa shape index (κ1) is 18.1. The van der Waals surface area contributed by atoms with Gasteiger partial charge in [-0.2, -0.15) is 0 Å². The van der Waals surface area contributed by atoms with Crippen molar-refractivity contribution in [2.75, 3.05) is 19.6 Å². The van der Waals surface area contributed by atoms with E-state index < -0.39 is 4.92 Å². The van der Waals surface area contributed by atoms with Crippen LogP contribution in [0.1, 0.15) is 36.2 Å². The van der Waals surface area contributed by atoms with Gasteiger partial charge in [-0.25, -0.2) is 4.98 Å². The summed E-state index contributed by atoms with van der Waals surface area (Å²) in [4.78, 5) is 29.4. The molecule has 0 radical (unpaired) electrons. The Labute approximate surface area is 161 Å². The molecule has 2 heterocycles. The van der Waals surface area contributed by atoms with Crippen molar-refractivity contribution >= 4 is 22.9 Å². The van der Waals surface area contributed by atoms with E-state index in [2.05, 4.69) is 10.3 Å². The minimum Gasteiger partial charge on any atom is -0.337 e. The zero-order chi connectivity index (χ0) is 18.8. The van der Waals surface area contributed by atoms with Crippen molar-refractivity contribution in [3.63, 3.8) is 0 Å². The lowest BCUT2D eigenvalue weighted by atomic mass is 10.0. The quantitative estimate of drug-likeness (QED) is 0.608. The third kappa shape index (κ3) is 4.33. The predicted octanol–water partition coefficient (Wildman–Crippen LogP) is 3.32. The normalized spacial score (nSPS) is 17.9. The lowest BCUT2D eigenvalue weighted by molar-refractivity contribution is -0.384. The molecular formula is C19H22N4O3S. The van der Waals surface area contributed by atoms with E-state index in [1.54, 1.807) is 17.5 Å². The van der Waals surface area contributed by atoms with Gasteiger partial charge < -0.3 is 10.2 Å². The van der Waals surface area contributed by atoms with Crippen molar-refractivity contribution in [2.24, 2.45) is 5.92 Å². The highest BCUT2D eigenvalue weighted by molar-refractivity contribution is 7.13. The zero-order valence-corrected chi connectivity index (χ0v) is 15.8. The van der Waals surface area contributed by atoms with E-state index in [9.17, 15) is 14.9 Å². The van der Waals surface area contributed by atoms with Crippen molar-refractivity contribution in [1.29, 1.82) is 0 Å². The number of benzene rings is 1. The molecule has 1 aromatic heterocycles. The summed E-state index contributed by atoms with van der Waals surface area (Å²) in [5.41, 5.74) is 1.29. The largest absolute Gasteiger partial charge is 0.337 e. The number of hydrogen-bond acceptors (Lipinski definition) is 6. The van der Waals surface area contributed by atoms with Crippen LogP contribution in [0.25, 0.3) is 10.6 Å². The molecule has 7 nitrogen and oxygen atoms in total. The van der Waals surface area contributed by atoms with Crippen LogP contribution in [0.4, 0.5) is 5.69 Å². The second kappa shape index (κ2) is 7.74. The summed E-state index contributed by atoms with van der Waals surface area (Å²) >= 11 is 1.39. The Bertz CT molecular complexity index is 824. The van der Waals surface area contributed by atoms with Gasteiger partial charge in [-0.3, -0.25) is 14.9 Å². The van der Waals surface area contributed by atoms with Gasteiger partial charge in [-0.15, -0.1) is 11.3 Å². The van der Waals surface area contributed by atoms with Crippen molar-refractivity contribution in [3.05, 3.63) is 45.5 Å².